The van der Waals surface area contributed by atoms with Crippen LogP contribution in [0.5, 0.6) is 0 Å². The number of ether oxygens (including phenoxy) is 1. The first kappa shape index (κ1) is 20.1. The predicted octanol–water partition coefficient (Wildman–Crippen LogP) is 4.20. The summed E-state index contributed by atoms with van der Waals surface area (Å²) in [5.74, 6) is 1.91. The number of H-pyrrole nitrogens is 1. The number of terminal acetylenes is 1. The first-order valence-corrected chi connectivity index (χ1v) is 9.94. The molecule has 1 amide bonds. The van der Waals surface area contributed by atoms with Gasteiger partial charge < -0.3 is 15.0 Å². The largest absolute Gasteiger partial charge is 0.381 e. The summed E-state index contributed by atoms with van der Waals surface area (Å²) in [6.07, 6.45) is 7.01. The summed E-state index contributed by atoms with van der Waals surface area (Å²) >= 11 is 0. The molecule has 1 aliphatic rings. The number of carbonyl (C=O) groups excluding carboxylic acids is 1. The first-order valence-electron chi connectivity index (χ1n) is 9.94. The van der Waals surface area contributed by atoms with Crippen molar-refractivity contribution in [3.63, 3.8) is 0 Å². The molecule has 0 aliphatic carbocycles. The van der Waals surface area contributed by atoms with Crippen LogP contribution >= 0.6 is 0 Å². The number of halogens is 2. The van der Waals surface area contributed by atoms with E-state index in [1.54, 1.807) is 18.2 Å². The zero-order chi connectivity index (χ0) is 21.1. The van der Waals surface area contributed by atoms with Gasteiger partial charge in [0.05, 0.1) is 12.6 Å². The molecule has 2 unspecified atom stereocenters. The molecule has 0 spiro atoms. The highest BCUT2D eigenvalue weighted by Gasteiger charge is 2.25. The minimum atomic E-state index is -0.364. The molecule has 0 saturated carbocycles. The van der Waals surface area contributed by atoms with Crippen molar-refractivity contribution in [2.24, 2.45) is 5.92 Å². The highest BCUT2D eigenvalue weighted by molar-refractivity contribution is 5.91. The maximum Gasteiger partial charge on any atom is 0.221 e. The SMILES string of the molecule is C#CC(NC(=O)CCc1c(-c2ccc(F)cc2)[nH]c2ccc(F)cc12)C1CCOC1. The number of aromatic amines is 1. The fourth-order valence-corrected chi connectivity index (χ4v) is 3.94. The van der Waals surface area contributed by atoms with E-state index in [4.69, 9.17) is 11.2 Å². The molecule has 0 radical (unpaired) electrons. The summed E-state index contributed by atoms with van der Waals surface area (Å²) in [5, 5.41) is 3.62. The van der Waals surface area contributed by atoms with E-state index in [2.05, 4.69) is 16.2 Å². The Morgan fingerprint density at radius 1 is 1.23 bits per heavy atom. The number of fused-ring (bicyclic) bond motifs is 1. The number of amides is 1. The van der Waals surface area contributed by atoms with Crippen LogP contribution in [0.3, 0.4) is 0 Å². The van der Waals surface area contributed by atoms with Gasteiger partial charge in [0.2, 0.25) is 5.91 Å². The third-order valence-electron chi connectivity index (χ3n) is 5.54. The molecular weight excluding hydrogens is 386 g/mol. The Labute approximate surface area is 173 Å². The van der Waals surface area contributed by atoms with Crippen LogP contribution in [0.1, 0.15) is 18.4 Å². The van der Waals surface area contributed by atoms with Crippen molar-refractivity contribution in [3.8, 4) is 23.6 Å². The van der Waals surface area contributed by atoms with E-state index < -0.39 is 0 Å². The van der Waals surface area contributed by atoms with Crippen LogP contribution in [-0.2, 0) is 16.0 Å². The molecule has 30 heavy (non-hydrogen) atoms. The highest BCUT2D eigenvalue weighted by atomic mass is 19.1. The lowest BCUT2D eigenvalue weighted by molar-refractivity contribution is -0.121. The lowest BCUT2D eigenvalue weighted by atomic mass is 9.98. The Morgan fingerprint density at radius 3 is 2.70 bits per heavy atom. The third kappa shape index (κ3) is 4.22. The molecule has 2 N–H and O–H groups in total. The van der Waals surface area contributed by atoms with Crippen molar-refractivity contribution in [3.05, 3.63) is 59.7 Å². The Hall–Kier alpha value is -3.17. The molecule has 2 heterocycles. The summed E-state index contributed by atoms with van der Waals surface area (Å²) < 4.78 is 32.6. The van der Waals surface area contributed by atoms with Gasteiger partial charge in [-0.05, 0) is 66.4 Å². The average molecular weight is 408 g/mol. The number of rotatable bonds is 6. The Morgan fingerprint density at radius 2 is 2.00 bits per heavy atom. The van der Waals surface area contributed by atoms with Crippen molar-refractivity contribution in [2.45, 2.75) is 25.3 Å². The second-order valence-electron chi connectivity index (χ2n) is 7.51. The Kier molecular flexibility index (Phi) is 5.82. The summed E-state index contributed by atoms with van der Waals surface area (Å²) in [5.41, 5.74) is 3.09. The molecule has 4 rings (SSSR count). The second-order valence-corrected chi connectivity index (χ2v) is 7.51. The van der Waals surface area contributed by atoms with Gasteiger partial charge in [0.15, 0.2) is 0 Å². The van der Waals surface area contributed by atoms with E-state index in [1.807, 2.05) is 0 Å². The molecule has 1 aliphatic heterocycles. The molecule has 2 aromatic carbocycles. The molecule has 6 heteroatoms. The lowest BCUT2D eigenvalue weighted by Crippen LogP contribution is -2.39. The monoisotopic (exact) mass is 408 g/mol. The van der Waals surface area contributed by atoms with Gasteiger partial charge in [0, 0.05) is 35.5 Å². The lowest BCUT2D eigenvalue weighted by Gasteiger charge is -2.18. The normalized spacial score (nSPS) is 17.0. The minimum Gasteiger partial charge on any atom is -0.381 e. The van der Waals surface area contributed by atoms with Crippen LogP contribution in [0.4, 0.5) is 8.78 Å². The number of benzene rings is 2. The van der Waals surface area contributed by atoms with Crippen molar-refractivity contribution in [1.29, 1.82) is 0 Å². The molecule has 0 bridgehead atoms. The molecule has 3 aromatic rings. The summed E-state index contributed by atoms with van der Waals surface area (Å²) in [6, 6.07) is 10.2. The smallest absolute Gasteiger partial charge is 0.221 e. The number of aryl methyl sites for hydroxylation is 1. The molecule has 2 atom stereocenters. The predicted molar refractivity (Wildman–Crippen MR) is 112 cm³/mol. The summed E-state index contributed by atoms with van der Waals surface area (Å²) in [7, 11) is 0. The Balaban J connectivity index is 1.57. The maximum atomic E-state index is 13.9. The van der Waals surface area contributed by atoms with Crippen LogP contribution in [0.25, 0.3) is 22.2 Å². The van der Waals surface area contributed by atoms with Gasteiger partial charge in [0.1, 0.15) is 11.6 Å². The number of hydrogen-bond donors (Lipinski definition) is 2. The van der Waals surface area contributed by atoms with E-state index in [0.29, 0.717) is 25.0 Å². The molecule has 1 saturated heterocycles. The standard InChI is InChI=1S/C24H22F2N2O2/c1-2-21(16-11-12-30-14-16)27-23(29)10-8-19-20-13-18(26)7-9-22(20)28-24(19)15-3-5-17(25)6-4-15/h1,3-7,9,13,16,21,28H,8,10-12,14H2,(H,27,29). The molecular formula is C24H22F2N2O2. The fraction of sp³-hybridized carbons (Fsp3) is 0.292. The van der Waals surface area contributed by atoms with Crippen LogP contribution < -0.4 is 5.32 Å². The maximum absolute atomic E-state index is 13.9. The number of aromatic nitrogens is 1. The number of carbonyl (C=O) groups is 1. The van der Waals surface area contributed by atoms with Gasteiger partial charge in [0.25, 0.3) is 0 Å². The van der Waals surface area contributed by atoms with Gasteiger partial charge in [-0.25, -0.2) is 8.78 Å². The topological polar surface area (TPSA) is 54.1 Å². The van der Waals surface area contributed by atoms with E-state index in [9.17, 15) is 13.6 Å². The number of hydrogen-bond acceptors (Lipinski definition) is 2. The Bertz CT molecular complexity index is 1090. The van der Waals surface area contributed by atoms with E-state index in [1.165, 1.54) is 24.3 Å². The highest BCUT2D eigenvalue weighted by Crippen LogP contribution is 2.32. The number of nitrogens with one attached hydrogen (secondary N) is 2. The quantitative estimate of drug-likeness (QED) is 0.601. The zero-order valence-corrected chi connectivity index (χ0v) is 16.4. The van der Waals surface area contributed by atoms with Gasteiger partial charge in [-0.2, -0.15) is 0 Å². The van der Waals surface area contributed by atoms with Crippen molar-refractivity contribution < 1.29 is 18.3 Å². The van der Waals surface area contributed by atoms with Crippen molar-refractivity contribution in [2.75, 3.05) is 13.2 Å². The van der Waals surface area contributed by atoms with E-state index in [0.717, 1.165) is 28.8 Å². The zero-order valence-electron chi connectivity index (χ0n) is 16.4. The van der Waals surface area contributed by atoms with Gasteiger partial charge in [-0.3, -0.25) is 4.79 Å². The average Bonchev–Trinajstić information content (AvgIpc) is 3.39. The van der Waals surface area contributed by atoms with E-state index >= 15 is 0 Å². The van der Waals surface area contributed by atoms with Gasteiger partial charge >= 0.3 is 0 Å². The molecule has 1 aromatic heterocycles. The van der Waals surface area contributed by atoms with Crippen LogP contribution in [0.15, 0.2) is 42.5 Å². The first-order chi connectivity index (χ1) is 14.5. The van der Waals surface area contributed by atoms with Gasteiger partial charge in [-0.15, -0.1) is 6.42 Å². The summed E-state index contributed by atoms with van der Waals surface area (Å²) in [6.45, 7) is 1.20. The van der Waals surface area contributed by atoms with Crippen LogP contribution in [0.2, 0.25) is 0 Å². The van der Waals surface area contributed by atoms with Gasteiger partial charge in [-0.1, -0.05) is 5.92 Å². The third-order valence-corrected chi connectivity index (χ3v) is 5.54. The molecule has 1 fully saturated rings. The van der Waals surface area contributed by atoms with E-state index in [-0.39, 0.29) is 35.9 Å². The summed E-state index contributed by atoms with van der Waals surface area (Å²) in [4.78, 5) is 15.9. The van der Waals surface area contributed by atoms with Crippen molar-refractivity contribution >= 4 is 16.8 Å². The van der Waals surface area contributed by atoms with Crippen LogP contribution in [0, 0.1) is 29.9 Å². The van der Waals surface area contributed by atoms with Crippen molar-refractivity contribution in [1.82, 2.24) is 10.3 Å². The van der Waals surface area contributed by atoms with Crippen LogP contribution in [-0.4, -0.2) is 30.1 Å². The minimum absolute atomic E-state index is 0.121. The fourth-order valence-electron chi connectivity index (χ4n) is 3.94. The second kappa shape index (κ2) is 8.68. The molecule has 4 nitrogen and oxygen atoms in total. The molecule has 154 valence electrons.